The van der Waals surface area contributed by atoms with Crippen LogP contribution in [0.1, 0.15) is 23.7 Å². The Bertz CT molecular complexity index is 852. The van der Waals surface area contributed by atoms with Crippen molar-refractivity contribution in [3.8, 4) is 11.1 Å². The van der Waals surface area contributed by atoms with Gasteiger partial charge in [-0.1, -0.05) is 49.4 Å². The molecule has 3 aromatic rings. The SMILES string of the molecule is CCc1ccccc1CC(=O)Nc1ccc(-c2ccc(C)nc2)cc1. The summed E-state index contributed by atoms with van der Waals surface area (Å²) in [5.74, 6) is 0.00523. The third-order valence-electron chi connectivity index (χ3n) is 4.26. The minimum atomic E-state index is 0.00523. The Morgan fingerprint density at radius 3 is 2.24 bits per heavy atom. The lowest BCUT2D eigenvalue weighted by Crippen LogP contribution is -2.15. The van der Waals surface area contributed by atoms with Crippen LogP contribution in [0, 0.1) is 6.92 Å². The first-order chi connectivity index (χ1) is 12.2. The Morgan fingerprint density at radius 2 is 1.60 bits per heavy atom. The lowest BCUT2D eigenvalue weighted by molar-refractivity contribution is -0.115. The zero-order valence-electron chi connectivity index (χ0n) is 14.6. The number of carbonyl (C=O) groups is 1. The summed E-state index contributed by atoms with van der Waals surface area (Å²) in [4.78, 5) is 16.6. The second-order valence-corrected chi connectivity index (χ2v) is 6.11. The summed E-state index contributed by atoms with van der Waals surface area (Å²) in [6.45, 7) is 4.08. The van der Waals surface area contributed by atoms with Gasteiger partial charge in [0.25, 0.3) is 0 Å². The van der Waals surface area contributed by atoms with Gasteiger partial charge in [-0.2, -0.15) is 0 Å². The largest absolute Gasteiger partial charge is 0.326 e. The molecule has 25 heavy (non-hydrogen) atoms. The number of aromatic nitrogens is 1. The van der Waals surface area contributed by atoms with Crippen molar-refractivity contribution < 1.29 is 4.79 Å². The van der Waals surface area contributed by atoms with Crippen LogP contribution in [0.25, 0.3) is 11.1 Å². The fourth-order valence-corrected chi connectivity index (χ4v) is 2.84. The van der Waals surface area contributed by atoms with E-state index in [-0.39, 0.29) is 5.91 Å². The van der Waals surface area contributed by atoms with E-state index in [1.807, 2.05) is 61.7 Å². The third kappa shape index (κ3) is 4.32. The molecule has 0 saturated carbocycles. The molecule has 0 spiro atoms. The first kappa shape index (κ1) is 16.9. The predicted molar refractivity (Wildman–Crippen MR) is 103 cm³/mol. The third-order valence-corrected chi connectivity index (χ3v) is 4.26. The normalized spacial score (nSPS) is 10.5. The molecule has 0 aliphatic carbocycles. The number of hydrogen-bond acceptors (Lipinski definition) is 2. The van der Waals surface area contributed by atoms with E-state index < -0.39 is 0 Å². The molecule has 1 heterocycles. The van der Waals surface area contributed by atoms with Crippen LogP contribution in [0.3, 0.4) is 0 Å². The van der Waals surface area contributed by atoms with Gasteiger partial charge in [0.15, 0.2) is 0 Å². The van der Waals surface area contributed by atoms with Gasteiger partial charge in [-0.05, 0) is 48.2 Å². The summed E-state index contributed by atoms with van der Waals surface area (Å²) < 4.78 is 0. The first-order valence-electron chi connectivity index (χ1n) is 8.55. The van der Waals surface area contributed by atoms with Gasteiger partial charge in [0.05, 0.1) is 6.42 Å². The van der Waals surface area contributed by atoms with Gasteiger partial charge in [-0.25, -0.2) is 0 Å². The molecule has 0 bridgehead atoms. The van der Waals surface area contributed by atoms with Crippen LogP contribution in [-0.4, -0.2) is 10.9 Å². The van der Waals surface area contributed by atoms with E-state index in [0.29, 0.717) is 6.42 Å². The van der Waals surface area contributed by atoms with Crippen LogP contribution < -0.4 is 5.32 Å². The zero-order chi connectivity index (χ0) is 17.6. The van der Waals surface area contributed by atoms with Gasteiger partial charge in [0, 0.05) is 23.1 Å². The van der Waals surface area contributed by atoms with Gasteiger partial charge in [-0.3, -0.25) is 9.78 Å². The van der Waals surface area contributed by atoms with Crippen molar-refractivity contribution in [3.63, 3.8) is 0 Å². The van der Waals surface area contributed by atoms with E-state index in [1.54, 1.807) is 0 Å². The molecule has 0 radical (unpaired) electrons. The number of pyridine rings is 1. The highest BCUT2D eigenvalue weighted by Crippen LogP contribution is 2.21. The maximum Gasteiger partial charge on any atom is 0.228 e. The van der Waals surface area contributed by atoms with Crippen LogP contribution in [-0.2, 0) is 17.6 Å². The van der Waals surface area contributed by atoms with E-state index in [4.69, 9.17) is 0 Å². The van der Waals surface area contributed by atoms with Crippen LogP contribution in [0.4, 0.5) is 5.69 Å². The minimum absolute atomic E-state index is 0.00523. The molecule has 2 aromatic carbocycles. The highest BCUT2D eigenvalue weighted by Gasteiger charge is 2.07. The minimum Gasteiger partial charge on any atom is -0.326 e. The molecule has 3 nitrogen and oxygen atoms in total. The summed E-state index contributed by atoms with van der Waals surface area (Å²) in [6, 6.07) is 20.0. The Hall–Kier alpha value is -2.94. The molecule has 0 unspecified atom stereocenters. The summed E-state index contributed by atoms with van der Waals surface area (Å²) in [5, 5.41) is 2.97. The second kappa shape index (κ2) is 7.75. The number of nitrogens with zero attached hydrogens (tertiary/aromatic N) is 1. The maximum absolute atomic E-state index is 12.3. The van der Waals surface area contributed by atoms with Crippen molar-refractivity contribution in [1.29, 1.82) is 0 Å². The Balaban J connectivity index is 1.67. The molecule has 0 fully saturated rings. The van der Waals surface area contributed by atoms with E-state index >= 15 is 0 Å². The fourth-order valence-electron chi connectivity index (χ4n) is 2.84. The van der Waals surface area contributed by atoms with Gasteiger partial charge in [-0.15, -0.1) is 0 Å². The molecule has 0 saturated heterocycles. The fraction of sp³-hybridized carbons (Fsp3) is 0.182. The summed E-state index contributed by atoms with van der Waals surface area (Å²) >= 11 is 0. The number of amides is 1. The molecule has 1 aromatic heterocycles. The van der Waals surface area contributed by atoms with E-state index in [0.717, 1.165) is 34.5 Å². The van der Waals surface area contributed by atoms with E-state index in [1.165, 1.54) is 5.56 Å². The average molecular weight is 330 g/mol. The molecule has 3 rings (SSSR count). The van der Waals surface area contributed by atoms with Crippen LogP contribution >= 0.6 is 0 Å². The second-order valence-electron chi connectivity index (χ2n) is 6.11. The number of benzene rings is 2. The van der Waals surface area contributed by atoms with Crippen molar-refractivity contribution in [2.75, 3.05) is 5.32 Å². The molecule has 1 amide bonds. The quantitative estimate of drug-likeness (QED) is 0.730. The number of carbonyl (C=O) groups excluding carboxylic acids is 1. The highest BCUT2D eigenvalue weighted by atomic mass is 16.1. The van der Waals surface area contributed by atoms with Crippen molar-refractivity contribution in [2.45, 2.75) is 26.7 Å². The Labute approximate surface area is 148 Å². The van der Waals surface area contributed by atoms with Gasteiger partial charge >= 0.3 is 0 Å². The smallest absolute Gasteiger partial charge is 0.228 e. The summed E-state index contributed by atoms with van der Waals surface area (Å²) in [5.41, 5.74) is 6.27. The number of aryl methyl sites for hydroxylation is 2. The molecule has 1 N–H and O–H groups in total. The van der Waals surface area contributed by atoms with Gasteiger partial charge in [0.2, 0.25) is 5.91 Å². The van der Waals surface area contributed by atoms with Crippen LogP contribution in [0.2, 0.25) is 0 Å². The number of rotatable bonds is 5. The monoisotopic (exact) mass is 330 g/mol. The molecule has 126 valence electrons. The van der Waals surface area contributed by atoms with E-state index in [2.05, 4.69) is 29.4 Å². The van der Waals surface area contributed by atoms with E-state index in [9.17, 15) is 4.79 Å². The van der Waals surface area contributed by atoms with Gasteiger partial charge in [0.1, 0.15) is 0 Å². The molecular formula is C22H22N2O. The number of hydrogen-bond donors (Lipinski definition) is 1. The van der Waals surface area contributed by atoms with Crippen molar-refractivity contribution in [3.05, 3.63) is 83.7 Å². The molecule has 3 heteroatoms. The maximum atomic E-state index is 12.3. The predicted octanol–water partition coefficient (Wildman–Crippen LogP) is 4.80. The zero-order valence-corrected chi connectivity index (χ0v) is 14.6. The molecule has 0 aliphatic rings. The highest BCUT2D eigenvalue weighted by molar-refractivity contribution is 5.92. The lowest BCUT2D eigenvalue weighted by Gasteiger charge is -2.09. The summed E-state index contributed by atoms with van der Waals surface area (Å²) in [6.07, 6.45) is 3.20. The molecular weight excluding hydrogens is 308 g/mol. The Kier molecular flexibility index (Phi) is 5.24. The topological polar surface area (TPSA) is 42.0 Å². The van der Waals surface area contributed by atoms with Crippen molar-refractivity contribution in [1.82, 2.24) is 4.98 Å². The van der Waals surface area contributed by atoms with Crippen LogP contribution in [0.15, 0.2) is 66.9 Å². The van der Waals surface area contributed by atoms with Gasteiger partial charge < -0.3 is 5.32 Å². The first-order valence-corrected chi connectivity index (χ1v) is 8.55. The van der Waals surface area contributed by atoms with Crippen molar-refractivity contribution >= 4 is 11.6 Å². The van der Waals surface area contributed by atoms with Crippen LogP contribution in [0.5, 0.6) is 0 Å². The van der Waals surface area contributed by atoms with Crippen molar-refractivity contribution in [2.24, 2.45) is 0 Å². The number of anilines is 1. The standard InChI is InChI=1S/C22H22N2O/c1-3-17-6-4-5-7-19(17)14-22(25)24-21-12-10-18(11-13-21)20-9-8-16(2)23-15-20/h4-13,15H,3,14H2,1-2H3,(H,24,25). The Morgan fingerprint density at radius 1 is 0.920 bits per heavy atom. The average Bonchev–Trinajstić information content (AvgIpc) is 2.63. The lowest BCUT2D eigenvalue weighted by atomic mass is 10.0. The molecule has 0 aliphatic heterocycles. The molecule has 0 atom stereocenters. The number of nitrogens with one attached hydrogen (secondary N) is 1. The summed E-state index contributed by atoms with van der Waals surface area (Å²) in [7, 11) is 0.